The number of imide groups is 1. The summed E-state index contributed by atoms with van der Waals surface area (Å²) in [6, 6.07) is 0. The van der Waals surface area contributed by atoms with Crippen LogP contribution in [0.2, 0.25) is 0 Å². The van der Waals surface area contributed by atoms with Crippen LogP contribution in [-0.4, -0.2) is 39.1 Å². The Morgan fingerprint density at radius 2 is 2.26 bits per heavy atom. The van der Waals surface area contributed by atoms with Crippen LogP contribution < -0.4 is 5.32 Å². The number of ether oxygens (including phenoxy) is 1. The van der Waals surface area contributed by atoms with E-state index in [-0.39, 0.29) is 12.4 Å². The molecular formula is C11H16N4O3S. The first-order valence-electron chi connectivity index (χ1n) is 5.68. The largest absolute Gasteiger partial charge is 0.450 e. The van der Waals surface area contributed by atoms with Gasteiger partial charge in [-0.05, 0) is 13.8 Å². The summed E-state index contributed by atoms with van der Waals surface area (Å²) >= 11 is 1.20. The van der Waals surface area contributed by atoms with Gasteiger partial charge in [-0.3, -0.25) is 10.1 Å². The Morgan fingerprint density at radius 1 is 1.53 bits per heavy atom. The van der Waals surface area contributed by atoms with Crippen LogP contribution in [0, 0.1) is 6.92 Å². The lowest BCUT2D eigenvalue weighted by Gasteiger charge is -2.05. The van der Waals surface area contributed by atoms with E-state index >= 15 is 0 Å². The van der Waals surface area contributed by atoms with Crippen molar-refractivity contribution in [1.82, 2.24) is 20.1 Å². The van der Waals surface area contributed by atoms with Crippen LogP contribution in [0.1, 0.15) is 12.7 Å². The van der Waals surface area contributed by atoms with Crippen LogP contribution in [0.3, 0.4) is 0 Å². The summed E-state index contributed by atoms with van der Waals surface area (Å²) in [4.78, 5) is 22.5. The Kier molecular flexibility index (Phi) is 6.07. The molecular weight excluding hydrogens is 268 g/mol. The quantitative estimate of drug-likeness (QED) is 0.622. The highest BCUT2D eigenvalue weighted by atomic mass is 32.2. The van der Waals surface area contributed by atoms with E-state index in [2.05, 4.69) is 26.8 Å². The first-order valence-corrected chi connectivity index (χ1v) is 6.67. The molecule has 1 aromatic heterocycles. The van der Waals surface area contributed by atoms with Gasteiger partial charge in [-0.25, -0.2) is 4.79 Å². The fourth-order valence-electron chi connectivity index (χ4n) is 1.25. The first kappa shape index (κ1) is 15.2. The minimum Gasteiger partial charge on any atom is -0.450 e. The number of carbonyl (C=O) groups is 2. The van der Waals surface area contributed by atoms with Crippen molar-refractivity contribution in [2.24, 2.45) is 0 Å². The third kappa shape index (κ3) is 4.74. The van der Waals surface area contributed by atoms with Crippen molar-refractivity contribution in [1.29, 1.82) is 0 Å². The fraction of sp³-hybridized carbons (Fsp3) is 0.455. The molecule has 0 fully saturated rings. The predicted octanol–water partition coefficient (Wildman–Crippen LogP) is 1.14. The molecule has 0 atom stereocenters. The number of thioether (sulfide) groups is 1. The minimum absolute atomic E-state index is 0.0636. The van der Waals surface area contributed by atoms with Gasteiger partial charge in [0.1, 0.15) is 5.82 Å². The number of rotatable bonds is 6. The molecule has 104 valence electrons. The van der Waals surface area contributed by atoms with Gasteiger partial charge in [0, 0.05) is 6.54 Å². The third-order valence-electron chi connectivity index (χ3n) is 2.06. The topological polar surface area (TPSA) is 86.1 Å². The normalized spacial score (nSPS) is 10.0. The van der Waals surface area contributed by atoms with Crippen LogP contribution >= 0.6 is 11.8 Å². The number of amides is 2. The summed E-state index contributed by atoms with van der Waals surface area (Å²) in [7, 11) is 0. The van der Waals surface area contributed by atoms with E-state index in [9.17, 15) is 9.59 Å². The van der Waals surface area contributed by atoms with E-state index in [1.54, 1.807) is 13.0 Å². The first-order chi connectivity index (χ1) is 9.08. The molecule has 7 nitrogen and oxygen atoms in total. The number of nitrogens with zero attached hydrogens (tertiary/aromatic N) is 3. The van der Waals surface area contributed by atoms with Gasteiger partial charge in [0.2, 0.25) is 5.91 Å². The molecule has 0 saturated heterocycles. The summed E-state index contributed by atoms with van der Waals surface area (Å²) in [5.41, 5.74) is 0. The number of carbonyl (C=O) groups excluding carboxylic acids is 2. The molecule has 0 aliphatic heterocycles. The molecule has 0 unspecified atom stereocenters. The zero-order valence-electron chi connectivity index (χ0n) is 10.9. The Morgan fingerprint density at radius 3 is 2.89 bits per heavy atom. The molecule has 0 aliphatic rings. The lowest BCUT2D eigenvalue weighted by Crippen LogP contribution is -2.32. The monoisotopic (exact) mass is 284 g/mol. The highest BCUT2D eigenvalue weighted by molar-refractivity contribution is 7.99. The summed E-state index contributed by atoms with van der Waals surface area (Å²) < 4.78 is 6.43. The zero-order chi connectivity index (χ0) is 14.3. The lowest BCUT2D eigenvalue weighted by molar-refractivity contribution is -0.117. The highest BCUT2D eigenvalue weighted by Crippen LogP contribution is 2.16. The van der Waals surface area contributed by atoms with Crippen LogP contribution in [0.25, 0.3) is 0 Å². The van der Waals surface area contributed by atoms with E-state index in [4.69, 9.17) is 0 Å². The molecule has 0 aromatic carbocycles. The second-order valence-electron chi connectivity index (χ2n) is 3.49. The van der Waals surface area contributed by atoms with E-state index in [0.29, 0.717) is 11.7 Å². The van der Waals surface area contributed by atoms with Gasteiger partial charge >= 0.3 is 6.09 Å². The molecule has 1 N–H and O–H groups in total. The Bertz CT molecular complexity index is 473. The van der Waals surface area contributed by atoms with Crippen molar-refractivity contribution in [3.63, 3.8) is 0 Å². The van der Waals surface area contributed by atoms with Gasteiger partial charge in [-0.1, -0.05) is 17.8 Å². The van der Waals surface area contributed by atoms with Crippen LogP contribution in [0.15, 0.2) is 17.8 Å². The van der Waals surface area contributed by atoms with Crippen LogP contribution in [0.5, 0.6) is 0 Å². The molecule has 8 heteroatoms. The zero-order valence-corrected chi connectivity index (χ0v) is 11.7. The van der Waals surface area contributed by atoms with Crippen molar-refractivity contribution in [3.8, 4) is 0 Å². The molecule has 19 heavy (non-hydrogen) atoms. The summed E-state index contributed by atoms with van der Waals surface area (Å²) in [5.74, 6) is 0.371. The molecule has 0 spiro atoms. The summed E-state index contributed by atoms with van der Waals surface area (Å²) in [6.07, 6.45) is 0.982. The summed E-state index contributed by atoms with van der Waals surface area (Å²) in [5, 5.41) is 10.6. The maximum atomic E-state index is 11.5. The standard InChI is InChI=1S/C11H16N4O3S/c1-4-6-15-8(3)13-14-10(15)19-7-9(16)12-11(17)18-5-2/h4H,1,5-7H2,2-3H3,(H,12,16,17). The molecule has 1 rings (SSSR count). The second-order valence-corrected chi connectivity index (χ2v) is 4.43. The van der Waals surface area contributed by atoms with Crippen molar-refractivity contribution in [3.05, 3.63) is 18.5 Å². The highest BCUT2D eigenvalue weighted by Gasteiger charge is 2.12. The van der Waals surface area contributed by atoms with Gasteiger partial charge in [0.05, 0.1) is 12.4 Å². The third-order valence-corrected chi connectivity index (χ3v) is 3.03. The molecule has 1 heterocycles. The van der Waals surface area contributed by atoms with Gasteiger partial charge in [0.25, 0.3) is 0 Å². The molecule has 0 aliphatic carbocycles. The van der Waals surface area contributed by atoms with Crippen molar-refractivity contribution in [2.75, 3.05) is 12.4 Å². The number of aromatic nitrogens is 3. The molecule has 1 aromatic rings. The number of alkyl carbamates (subject to hydrolysis) is 1. The van der Waals surface area contributed by atoms with Gasteiger partial charge in [0.15, 0.2) is 5.16 Å². The molecule has 0 bridgehead atoms. The average molecular weight is 284 g/mol. The van der Waals surface area contributed by atoms with Gasteiger partial charge < -0.3 is 9.30 Å². The van der Waals surface area contributed by atoms with Crippen molar-refractivity contribution in [2.45, 2.75) is 25.5 Å². The van der Waals surface area contributed by atoms with E-state index in [1.807, 2.05) is 11.5 Å². The number of hydrogen-bond acceptors (Lipinski definition) is 6. The lowest BCUT2D eigenvalue weighted by atomic mass is 10.6. The Labute approximate surface area is 115 Å². The SMILES string of the molecule is C=CCn1c(C)nnc1SCC(=O)NC(=O)OCC. The molecule has 0 radical (unpaired) electrons. The molecule has 2 amide bonds. The Balaban J connectivity index is 2.50. The van der Waals surface area contributed by atoms with E-state index < -0.39 is 12.0 Å². The maximum Gasteiger partial charge on any atom is 0.413 e. The number of allylic oxidation sites excluding steroid dienone is 1. The van der Waals surface area contributed by atoms with Gasteiger partial charge in [-0.2, -0.15) is 0 Å². The average Bonchev–Trinajstić information content (AvgIpc) is 2.69. The van der Waals surface area contributed by atoms with Gasteiger partial charge in [-0.15, -0.1) is 16.8 Å². The predicted molar refractivity (Wildman–Crippen MR) is 70.8 cm³/mol. The molecule has 0 saturated carbocycles. The smallest absolute Gasteiger partial charge is 0.413 e. The Hall–Kier alpha value is -1.83. The van der Waals surface area contributed by atoms with Crippen LogP contribution in [0.4, 0.5) is 4.79 Å². The maximum absolute atomic E-state index is 11.5. The van der Waals surface area contributed by atoms with Crippen LogP contribution in [-0.2, 0) is 16.1 Å². The number of nitrogens with one attached hydrogen (secondary N) is 1. The number of hydrogen-bond donors (Lipinski definition) is 1. The summed E-state index contributed by atoms with van der Waals surface area (Å²) in [6.45, 7) is 7.92. The van der Waals surface area contributed by atoms with E-state index in [0.717, 1.165) is 5.82 Å². The second kappa shape index (κ2) is 7.57. The minimum atomic E-state index is -0.739. The van der Waals surface area contributed by atoms with Crippen molar-refractivity contribution >= 4 is 23.8 Å². The number of aryl methyl sites for hydroxylation is 1. The fourth-order valence-corrected chi connectivity index (χ4v) is 2.05. The van der Waals surface area contributed by atoms with E-state index in [1.165, 1.54) is 11.8 Å². The van der Waals surface area contributed by atoms with Crippen molar-refractivity contribution < 1.29 is 14.3 Å².